The van der Waals surface area contributed by atoms with Crippen LogP contribution in [0.25, 0.3) is 6.08 Å². The van der Waals surface area contributed by atoms with Crippen LogP contribution in [0.5, 0.6) is 5.75 Å². The minimum absolute atomic E-state index is 0.185. The lowest BCUT2D eigenvalue weighted by Crippen LogP contribution is -2.07. The molecule has 0 heterocycles. The zero-order valence-electron chi connectivity index (χ0n) is 10.3. The van der Waals surface area contributed by atoms with E-state index in [1.807, 2.05) is 31.2 Å². The molecule has 0 radical (unpaired) electrons. The third-order valence-electron chi connectivity index (χ3n) is 3.53. The Morgan fingerprint density at radius 2 is 2.00 bits per heavy atom. The summed E-state index contributed by atoms with van der Waals surface area (Å²) < 4.78 is 5.11. The Morgan fingerprint density at radius 3 is 2.53 bits per heavy atom. The van der Waals surface area contributed by atoms with Gasteiger partial charge in [-0.3, -0.25) is 4.79 Å². The number of methoxy groups -OCH3 is 1. The smallest absolute Gasteiger partial charge is 0.136 e. The van der Waals surface area contributed by atoms with E-state index in [-0.39, 0.29) is 5.92 Å². The molecule has 2 rings (SSSR count). The fourth-order valence-electron chi connectivity index (χ4n) is 2.24. The Bertz CT molecular complexity index is 417. The molecule has 1 aliphatic carbocycles. The third kappa shape index (κ3) is 2.76. The van der Waals surface area contributed by atoms with Gasteiger partial charge in [-0.05, 0) is 30.0 Å². The Kier molecular flexibility index (Phi) is 3.62. The van der Waals surface area contributed by atoms with Crippen molar-refractivity contribution in [3.63, 3.8) is 0 Å². The van der Waals surface area contributed by atoms with Crippen LogP contribution in [0.1, 0.15) is 25.3 Å². The molecule has 0 aromatic heterocycles. The van der Waals surface area contributed by atoms with Crippen molar-refractivity contribution < 1.29 is 9.53 Å². The Hall–Kier alpha value is -1.57. The van der Waals surface area contributed by atoms with Gasteiger partial charge in [0.15, 0.2) is 0 Å². The van der Waals surface area contributed by atoms with Gasteiger partial charge in [-0.15, -0.1) is 0 Å². The monoisotopic (exact) mass is 230 g/mol. The van der Waals surface area contributed by atoms with Crippen molar-refractivity contribution >= 4 is 11.9 Å². The highest BCUT2D eigenvalue weighted by Gasteiger charge is 2.28. The maximum Gasteiger partial charge on any atom is 0.136 e. The highest BCUT2D eigenvalue weighted by molar-refractivity contribution is 5.83. The molecule has 2 unspecified atom stereocenters. The molecular formula is C15H18O2. The molecule has 2 atom stereocenters. The minimum atomic E-state index is 0.185. The standard InChI is InChI=1S/C15H18O2/c1-11-13(7-10-15(11)16)6-3-12-4-8-14(17-2)9-5-12/h3-6,8-9,11,13H,7,10H2,1-2H3/b6-3+. The van der Waals surface area contributed by atoms with E-state index in [0.717, 1.165) is 24.2 Å². The SMILES string of the molecule is COc1ccc(/C=C/C2CCC(=O)C2C)cc1. The topological polar surface area (TPSA) is 26.3 Å². The second kappa shape index (κ2) is 5.17. The first-order valence-electron chi connectivity index (χ1n) is 6.05. The molecule has 2 heteroatoms. The van der Waals surface area contributed by atoms with Gasteiger partial charge in [0.2, 0.25) is 0 Å². The van der Waals surface area contributed by atoms with Crippen LogP contribution in [-0.2, 0) is 4.79 Å². The fraction of sp³-hybridized carbons (Fsp3) is 0.400. The Labute approximate surface area is 102 Å². The van der Waals surface area contributed by atoms with Gasteiger partial charge in [-0.1, -0.05) is 31.2 Å². The molecule has 1 aliphatic rings. The van der Waals surface area contributed by atoms with Gasteiger partial charge in [-0.2, -0.15) is 0 Å². The average molecular weight is 230 g/mol. The van der Waals surface area contributed by atoms with Gasteiger partial charge in [0.05, 0.1) is 7.11 Å². The average Bonchev–Trinajstić information content (AvgIpc) is 2.68. The summed E-state index contributed by atoms with van der Waals surface area (Å²) in [5, 5.41) is 0. The number of carbonyl (C=O) groups excluding carboxylic acids is 1. The van der Waals surface area contributed by atoms with Crippen LogP contribution in [0.3, 0.4) is 0 Å². The minimum Gasteiger partial charge on any atom is -0.497 e. The van der Waals surface area contributed by atoms with E-state index in [1.165, 1.54) is 0 Å². The van der Waals surface area contributed by atoms with Gasteiger partial charge < -0.3 is 4.74 Å². The van der Waals surface area contributed by atoms with Crippen molar-refractivity contribution in [3.05, 3.63) is 35.9 Å². The zero-order chi connectivity index (χ0) is 12.3. The molecular weight excluding hydrogens is 212 g/mol. The van der Waals surface area contributed by atoms with Crippen molar-refractivity contribution in [1.82, 2.24) is 0 Å². The van der Waals surface area contributed by atoms with E-state index >= 15 is 0 Å². The predicted octanol–water partition coefficient (Wildman–Crippen LogP) is 3.32. The maximum absolute atomic E-state index is 11.4. The van der Waals surface area contributed by atoms with Crippen molar-refractivity contribution in [3.8, 4) is 5.75 Å². The first kappa shape index (κ1) is 11.9. The summed E-state index contributed by atoms with van der Waals surface area (Å²) in [4.78, 5) is 11.4. The molecule has 0 N–H and O–H groups in total. The van der Waals surface area contributed by atoms with E-state index in [0.29, 0.717) is 11.7 Å². The number of Topliss-reactive ketones (excluding diaryl/α,β-unsaturated/α-hetero) is 1. The van der Waals surface area contributed by atoms with E-state index in [1.54, 1.807) is 7.11 Å². The van der Waals surface area contributed by atoms with Crippen LogP contribution in [-0.4, -0.2) is 12.9 Å². The second-order valence-electron chi connectivity index (χ2n) is 4.59. The van der Waals surface area contributed by atoms with Crippen molar-refractivity contribution in [2.75, 3.05) is 7.11 Å². The quantitative estimate of drug-likeness (QED) is 0.796. The van der Waals surface area contributed by atoms with Gasteiger partial charge in [0, 0.05) is 12.3 Å². The number of rotatable bonds is 3. The summed E-state index contributed by atoms with van der Waals surface area (Å²) in [5.74, 6) is 1.86. The normalized spacial score (nSPS) is 24.5. The zero-order valence-corrected chi connectivity index (χ0v) is 10.3. The molecule has 0 aliphatic heterocycles. The molecule has 0 amide bonds. The van der Waals surface area contributed by atoms with E-state index in [4.69, 9.17) is 4.74 Å². The lowest BCUT2D eigenvalue weighted by Gasteiger charge is -2.08. The van der Waals surface area contributed by atoms with E-state index in [9.17, 15) is 4.79 Å². The highest BCUT2D eigenvalue weighted by Crippen LogP contribution is 2.29. The van der Waals surface area contributed by atoms with Crippen molar-refractivity contribution in [2.45, 2.75) is 19.8 Å². The number of carbonyl (C=O) groups is 1. The second-order valence-corrected chi connectivity index (χ2v) is 4.59. The highest BCUT2D eigenvalue weighted by atomic mass is 16.5. The van der Waals surface area contributed by atoms with Crippen LogP contribution in [0.4, 0.5) is 0 Å². The Balaban J connectivity index is 2.02. The van der Waals surface area contributed by atoms with Crippen LogP contribution in [0.2, 0.25) is 0 Å². The predicted molar refractivity (Wildman–Crippen MR) is 68.9 cm³/mol. The molecule has 17 heavy (non-hydrogen) atoms. The molecule has 0 bridgehead atoms. The number of hydrogen-bond acceptors (Lipinski definition) is 2. The van der Waals surface area contributed by atoms with Crippen LogP contribution >= 0.6 is 0 Å². The van der Waals surface area contributed by atoms with E-state index in [2.05, 4.69) is 12.2 Å². The Morgan fingerprint density at radius 1 is 1.29 bits per heavy atom. The third-order valence-corrected chi connectivity index (χ3v) is 3.53. The molecule has 0 spiro atoms. The van der Waals surface area contributed by atoms with Crippen LogP contribution in [0.15, 0.2) is 30.3 Å². The summed E-state index contributed by atoms with van der Waals surface area (Å²) in [6.07, 6.45) is 5.99. The molecule has 1 aromatic carbocycles. The van der Waals surface area contributed by atoms with Gasteiger partial charge in [0.1, 0.15) is 11.5 Å². The summed E-state index contributed by atoms with van der Waals surface area (Å²) in [5.41, 5.74) is 1.15. The van der Waals surface area contributed by atoms with Crippen LogP contribution < -0.4 is 4.74 Å². The fourth-order valence-corrected chi connectivity index (χ4v) is 2.24. The largest absolute Gasteiger partial charge is 0.497 e. The van der Waals surface area contributed by atoms with Crippen LogP contribution in [0, 0.1) is 11.8 Å². The molecule has 0 saturated heterocycles. The lowest BCUT2D eigenvalue weighted by atomic mass is 9.96. The van der Waals surface area contributed by atoms with Crippen molar-refractivity contribution in [1.29, 1.82) is 0 Å². The molecule has 1 fully saturated rings. The van der Waals surface area contributed by atoms with E-state index < -0.39 is 0 Å². The molecule has 1 saturated carbocycles. The molecule has 1 aromatic rings. The number of allylic oxidation sites excluding steroid dienone is 1. The summed E-state index contributed by atoms with van der Waals surface area (Å²) in [6, 6.07) is 7.94. The summed E-state index contributed by atoms with van der Waals surface area (Å²) in [7, 11) is 1.66. The summed E-state index contributed by atoms with van der Waals surface area (Å²) in [6.45, 7) is 2.03. The molecule has 2 nitrogen and oxygen atoms in total. The first-order valence-corrected chi connectivity index (χ1v) is 6.05. The first-order chi connectivity index (χ1) is 8.20. The summed E-state index contributed by atoms with van der Waals surface area (Å²) >= 11 is 0. The van der Waals surface area contributed by atoms with Gasteiger partial charge in [-0.25, -0.2) is 0 Å². The van der Waals surface area contributed by atoms with Crippen molar-refractivity contribution in [2.24, 2.45) is 11.8 Å². The van der Waals surface area contributed by atoms with Gasteiger partial charge >= 0.3 is 0 Å². The lowest BCUT2D eigenvalue weighted by molar-refractivity contribution is -0.120. The molecule has 90 valence electrons. The number of ketones is 1. The maximum atomic E-state index is 11.4. The number of ether oxygens (including phenoxy) is 1. The number of hydrogen-bond donors (Lipinski definition) is 0. The van der Waals surface area contributed by atoms with Gasteiger partial charge in [0.25, 0.3) is 0 Å². The number of benzene rings is 1.